The summed E-state index contributed by atoms with van der Waals surface area (Å²) in [6.45, 7) is 3.86. The first-order chi connectivity index (χ1) is 7.52. The van der Waals surface area contributed by atoms with Gasteiger partial charge in [-0.3, -0.25) is 0 Å². The van der Waals surface area contributed by atoms with Crippen molar-refractivity contribution < 1.29 is 8.42 Å². The lowest BCUT2D eigenvalue weighted by atomic mass is 10.2. The highest BCUT2D eigenvalue weighted by Gasteiger charge is 2.12. The molecule has 0 aliphatic carbocycles. The van der Waals surface area contributed by atoms with Crippen LogP contribution in [0.25, 0.3) is 0 Å². The van der Waals surface area contributed by atoms with Crippen LogP contribution in [0.4, 0.5) is 5.95 Å². The maximum Gasteiger partial charge on any atom is 0.256 e. The Balaban J connectivity index is 3.00. The lowest BCUT2D eigenvalue weighted by Gasteiger charge is -2.06. The van der Waals surface area contributed by atoms with E-state index in [0.717, 1.165) is 11.4 Å². The number of hydrogen-bond acceptors (Lipinski definition) is 5. The molecule has 0 atom stereocenters. The van der Waals surface area contributed by atoms with Gasteiger partial charge in [0, 0.05) is 0 Å². The SMILES string of the molecule is CCc1nnc(NS(=O)(=O)CCl)nc1CC. The summed E-state index contributed by atoms with van der Waals surface area (Å²) in [6.07, 6.45) is 1.39. The molecule has 1 N–H and O–H groups in total. The summed E-state index contributed by atoms with van der Waals surface area (Å²) >= 11 is 5.25. The number of nitrogens with zero attached hydrogens (tertiary/aromatic N) is 3. The molecule has 0 aromatic carbocycles. The third kappa shape index (κ3) is 3.28. The average Bonchev–Trinajstić information content (AvgIpc) is 2.28. The van der Waals surface area contributed by atoms with Crippen LogP contribution in [0.3, 0.4) is 0 Å². The van der Waals surface area contributed by atoms with Crippen molar-refractivity contribution in [2.45, 2.75) is 26.7 Å². The predicted molar refractivity (Wildman–Crippen MR) is 61.8 cm³/mol. The standard InChI is InChI=1S/C8H13ClN4O2S/c1-3-6-7(4-2)11-12-8(10-6)13-16(14,15)5-9/h3-5H2,1-2H3,(H,10,12,13). The van der Waals surface area contributed by atoms with Gasteiger partial charge in [-0.1, -0.05) is 13.8 Å². The van der Waals surface area contributed by atoms with Crippen molar-refractivity contribution in [2.24, 2.45) is 0 Å². The molecule has 0 radical (unpaired) electrons. The first-order valence-electron chi connectivity index (χ1n) is 4.81. The number of hydrogen-bond donors (Lipinski definition) is 1. The average molecular weight is 265 g/mol. The van der Waals surface area contributed by atoms with Crippen molar-refractivity contribution in [1.29, 1.82) is 0 Å². The molecule has 0 fully saturated rings. The van der Waals surface area contributed by atoms with Crippen LogP contribution in [0.15, 0.2) is 0 Å². The molecule has 6 nitrogen and oxygen atoms in total. The molecule has 1 heterocycles. The Hall–Kier alpha value is -0.950. The van der Waals surface area contributed by atoms with Crippen molar-refractivity contribution in [3.63, 3.8) is 0 Å². The van der Waals surface area contributed by atoms with Crippen LogP contribution in [-0.2, 0) is 22.9 Å². The van der Waals surface area contributed by atoms with Gasteiger partial charge < -0.3 is 0 Å². The summed E-state index contributed by atoms with van der Waals surface area (Å²) in [5.41, 5.74) is 1.51. The largest absolute Gasteiger partial charge is 0.256 e. The van der Waals surface area contributed by atoms with Crippen LogP contribution in [0, 0.1) is 0 Å². The topological polar surface area (TPSA) is 84.8 Å². The molecule has 0 aliphatic heterocycles. The molecular weight excluding hydrogens is 252 g/mol. The fraction of sp³-hybridized carbons (Fsp3) is 0.625. The lowest BCUT2D eigenvalue weighted by Crippen LogP contribution is -2.17. The summed E-state index contributed by atoms with van der Waals surface area (Å²) in [5, 5.41) is 7.05. The second kappa shape index (κ2) is 5.40. The van der Waals surface area contributed by atoms with Gasteiger partial charge in [0.2, 0.25) is 10.0 Å². The highest BCUT2D eigenvalue weighted by molar-refractivity contribution is 7.93. The zero-order valence-electron chi connectivity index (χ0n) is 9.07. The van der Waals surface area contributed by atoms with E-state index in [1.54, 1.807) is 0 Å². The van der Waals surface area contributed by atoms with Crippen LogP contribution >= 0.6 is 11.6 Å². The molecule has 1 aromatic heterocycles. The third-order valence-electron chi connectivity index (χ3n) is 1.90. The summed E-state index contributed by atoms with van der Waals surface area (Å²) in [7, 11) is -3.57. The Morgan fingerprint density at radius 3 is 2.31 bits per heavy atom. The quantitative estimate of drug-likeness (QED) is 0.800. The molecule has 0 bridgehead atoms. The van der Waals surface area contributed by atoms with Crippen molar-refractivity contribution >= 4 is 27.6 Å². The highest BCUT2D eigenvalue weighted by atomic mass is 35.5. The van der Waals surface area contributed by atoms with E-state index in [1.807, 2.05) is 13.8 Å². The van der Waals surface area contributed by atoms with E-state index in [-0.39, 0.29) is 5.95 Å². The maximum absolute atomic E-state index is 11.2. The highest BCUT2D eigenvalue weighted by Crippen LogP contribution is 2.08. The summed E-state index contributed by atoms with van der Waals surface area (Å²) < 4.78 is 24.5. The van der Waals surface area contributed by atoms with E-state index < -0.39 is 15.2 Å². The van der Waals surface area contributed by atoms with Crippen molar-refractivity contribution in [1.82, 2.24) is 15.2 Å². The number of rotatable bonds is 5. The van der Waals surface area contributed by atoms with Gasteiger partial charge in [0.15, 0.2) is 0 Å². The number of nitrogens with one attached hydrogen (secondary N) is 1. The molecule has 0 amide bonds. The minimum Gasteiger partial charge on any atom is -0.249 e. The van der Waals surface area contributed by atoms with Crippen LogP contribution in [0.2, 0.25) is 0 Å². The van der Waals surface area contributed by atoms with Crippen molar-refractivity contribution in [2.75, 3.05) is 9.93 Å². The fourth-order valence-electron chi connectivity index (χ4n) is 1.15. The van der Waals surface area contributed by atoms with Crippen LogP contribution in [-0.4, -0.2) is 28.8 Å². The molecule has 0 unspecified atom stereocenters. The molecule has 90 valence electrons. The Morgan fingerprint density at radius 1 is 1.19 bits per heavy atom. The summed E-state index contributed by atoms with van der Waals surface area (Å²) in [4.78, 5) is 4.07. The molecule has 1 aromatic rings. The van der Waals surface area contributed by atoms with Crippen molar-refractivity contribution in [3.8, 4) is 0 Å². The van der Waals surface area contributed by atoms with E-state index in [4.69, 9.17) is 11.6 Å². The zero-order chi connectivity index (χ0) is 12.2. The van der Waals surface area contributed by atoms with Gasteiger partial charge in [0.05, 0.1) is 11.4 Å². The molecule has 0 saturated carbocycles. The van der Waals surface area contributed by atoms with Gasteiger partial charge in [-0.25, -0.2) is 18.1 Å². The molecule has 0 spiro atoms. The normalized spacial score (nSPS) is 11.4. The lowest BCUT2D eigenvalue weighted by molar-refractivity contribution is 0.604. The minimum absolute atomic E-state index is 0.0327. The zero-order valence-corrected chi connectivity index (χ0v) is 10.6. The Bertz CT molecular complexity index is 463. The van der Waals surface area contributed by atoms with Gasteiger partial charge in [0.1, 0.15) is 5.21 Å². The van der Waals surface area contributed by atoms with Crippen LogP contribution < -0.4 is 4.72 Å². The fourth-order valence-corrected chi connectivity index (χ4v) is 1.73. The smallest absolute Gasteiger partial charge is 0.249 e. The van der Waals surface area contributed by atoms with E-state index in [9.17, 15) is 8.42 Å². The summed E-state index contributed by atoms with van der Waals surface area (Å²) in [6, 6.07) is 0. The van der Waals surface area contributed by atoms with E-state index in [1.165, 1.54) is 0 Å². The van der Waals surface area contributed by atoms with Crippen LogP contribution in [0.5, 0.6) is 0 Å². The van der Waals surface area contributed by atoms with Gasteiger partial charge in [-0.2, -0.15) is 0 Å². The molecule has 8 heteroatoms. The molecule has 1 rings (SSSR count). The monoisotopic (exact) mass is 264 g/mol. The number of alkyl halides is 1. The predicted octanol–water partition coefficient (Wildman–Crippen LogP) is 0.934. The van der Waals surface area contributed by atoms with Crippen molar-refractivity contribution in [3.05, 3.63) is 11.4 Å². The summed E-state index contributed by atoms with van der Waals surface area (Å²) in [5.74, 6) is -0.0327. The van der Waals surface area contributed by atoms with Crippen LogP contribution in [0.1, 0.15) is 25.2 Å². The molecule has 0 saturated heterocycles. The first kappa shape index (κ1) is 13.1. The number of anilines is 1. The van der Waals surface area contributed by atoms with Gasteiger partial charge in [-0.15, -0.1) is 21.8 Å². The van der Waals surface area contributed by atoms with Gasteiger partial charge in [-0.05, 0) is 12.8 Å². The van der Waals surface area contributed by atoms with Gasteiger partial charge in [0.25, 0.3) is 5.95 Å². The Morgan fingerprint density at radius 2 is 1.81 bits per heavy atom. The minimum atomic E-state index is -3.57. The van der Waals surface area contributed by atoms with E-state index in [0.29, 0.717) is 12.8 Å². The second-order valence-corrected chi connectivity index (χ2v) is 5.37. The Labute approximate surface area is 99.5 Å². The number of halogens is 1. The number of aromatic nitrogens is 3. The number of sulfonamides is 1. The number of aryl methyl sites for hydroxylation is 2. The van der Waals surface area contributed by atoms with E-state index in [2.05, 4.69) is 19.9 Å². The molecule has 0 aliphatic rings. The first-order valence-corrected chi connectivity index (χ1v) is 7.00. The van der Waals surface area contributed by atoms with Gasteiger partial charge >= 0.3 is 0 Å². The third-order valence-corrected chi connectivity index (χ3v) is 3.54. The van der Waals surface area contributed by atoms with E-state index >= 15 is 0 Å². The Kier molecular flexibility index (Phi) is 4.43. The maximum atomic E-state index is 11.2. The second-order valence-electron chi connectivity index (χ2n) is 3.06. The molecule has 16 heavy (non-hydrogen) atoms. The molecular formula is C8H13ClN4O2S.